The van der Waals surface area contributed by atoms with Crippen molar-refractivity contribution in [2.45, 2.75) is 25.6 Å². The highest BCUT2D eigenvalue weighted by atomic mass is 16.6. The number of ether oxygens (including phenoxy) is 4. The molecule has 1 amide bonds. The minimum atomic E-state index is -0.608. The van der Waals surface area contributed by atoms with E-state index >= 15 is 0 Å². The van der Waals surface area contributed by atoms with Crippen molar-refractivity contribution < 1.29 is 23.7 Å². The fourth-order valence-corrected chi connectivity index (χ4v) is 2.68. The Labute approximate surface area is 153 Å². The highest BCUT2D eigenvalue weighted by molar-refractivity contribution is 5.81. The highest BCUT2D eigenvalue weighted by Crippen LogP contribution is 2.31. The van der Waals surface area contributed by atoms with Crippen LogP contribution in [0.4, 0.5) is 0 Å². The second kappa shape index (κ2) is 8.47. The Morgan fingerprint density at radius 2 is 1.85 bits per heavy atom. The molecule has 26 heavy (non-hydrogen) atoms. The van der Waals surface area contributed by atoms with E-state index in [-0.39, 0.29) is 12.0 Å². The first kappa shape index (κ1) is 17.9. The lowest BCUT2D eigenvalue weighted by molar-refractivity contribution is -0.128. The highest BCUT2D eigenvalue weighted by Gasteiger charge is 2.24. The summed E-state index contributed by atoms with van der Waals surface area (Å²) in [5.74, 6) is 2.36. The zero-order valence-corrected chi connectivity index (χ0v) is 14.9. The summed E-state index contributed by atoms with van der Waals surface area (Å²) in [4.78, 5) is 12.5. The number of amides is 1. The van der Waals surface area contributed by atoms with Gasteiger partial charge in [0.1, 0.15) is 12.7 Å². The number of para-hydroxylation sites is 4. The zero-order chi connectivity index (χ0) is 18.4. The van der Waals surface area contributed by atoms with Gasteiger partial charge in [-0.3, -0.25) is 4.79 Å². The molecular weight excluding hydrogens is 334 g/mol. The van der Waals surface area contributed by atoms with Crippen molar-refractivity contribution in [2.24, 2.45) is 0 Å². The van der Waals surface area contributed by atoms with Crippen LogP contribution in [-0.4, -0.2) is 38.4 Å². The molecule has 3 rings (SSSR count). The number of benzene rings is 2. The predicted molar refractivity (Wildman–Crippen MR) is 97.1 cm³/mol. The van der Waals surface area contributed by atoms with Crippen LogP contribution in [0.2, 0.25) is 0 Å². The number of carbonyl (C=O) groups excluding carboxylic acids is 1. The summed E-state index contributed by atoms with van der Waals surface area (Å²) >= 11 is 0. The van der Waals surface area contributed by atoms with Crippen LogP contribution in [0.5, 0.6) is 23.0 Å². The third-order valence-electron chi connectivity index (χ3n) is 4.07. The fraction of sp³-hybridized carbons (Fsp3) is 0.350. The van der Waals surface area contributed by atoms with E-state index in [1.807, 2.05) is 43.3 Å². The number of carbonyl (C=O) groups is 1. The van der Waals surface area contributed by atoms with Gasteiger partial charge in [0, 0.05) is 0 Å². The SMILES string of the molecule is CC[C@H](Oc1ccccc1OC)C(=O)NC[C@H]1COc2ccccc2O1. The van der Waals surface area contributed by atoms with Crippen molar-refractivity contribution in [2.75, 3.05) is 20.3 Å². The van der Waals surface area contributed by atoms with Crippen LogP contribution in [0.3, 0.4) is 0 Å². The van der Waals surface area contributed by atoms with Crippen molar-refractivity contribution in [3.63, 3.8) is 0 Å². The Bertz CT molecular complexity index is 748. The van der Waals surface area contributed by atoms with Crippen LogP contribution >= 0.6 is 0 Å². The summed E-state index contributed by atoms with van der Waals surface area (Å²) in [6, 6.07) is 14.8. The Balaban J connectivity index is 1.55. The smallest absolute Gasteiger partial charge is 0.261 e. The summed E-state index contributed by atoms with van der Waals surface area (Å²) in [5.41, 5.74) is 0. The van der Waals surface area contributed by atoms with Crippen LogP contribution in [0, 0.1) is 0 Å². The molecule has 0 spiro atoms. The Morgan fingerprint density at radius 1 is 1.15 bits per heavy atom. The molecule has 0 saturated carbocycles. The van der Waals surface area contributed by atoms with Gasteiger partial charge < -0.3 is 24.3 Å². The average Bonchev–Trinajstić information content (AvgIpc) is 2.70. The number of fused-ring (bicyclic) bond motifs is 1. The van der Waals surface area contributed by atoms with Gasteiger partial charge in [0.25, 0.3) is 5.91 Å². The topological polar surface area (TPSA) is 66.0 Å². The molecule has 2 atom stereocenters. The lowest BCUT2D eigenvalue weighted by Crippen LogP contribution is -2.45. The maximum Gasteiger partial charge on any atom is 0.261 e. The van der Waals surface area contributed by atoms with Gasteiger partial charge in [0.15, 0.2) is 29.1 Å². The van der Waals surface area contributed by atoms with Crippen LogP contribution in [0.15, 0.2) is 48.5 Å². The largest absolute Gasteiger partial charge is 0.493 e. The number of hydrogen-bond donors (Lipinski definition) is 1. The molecule has 0 fully saturated rings. The van der Waals surface area contributed by atoms with Crippen molar-refractivity contribution in [1.82, 2.24) is 5.32 Å². The predicted octanol–water partition coefficient (Wildman–Crippen LogP) is 2.81. The third kappa shape index (κ3) is 4.20. The van der Waals surface area contributed by atoms with E-state index in [4.69, 9.17) is 18.9 Å². The van der Waals surface area contributed by atoms with E-state index in [1.165, 1.54) is 0 Å². The second-order valence-electron chi connectivity index (χ2n) is 5.91. The fourth-order valence-electron chi connectivity index (χ4n) is 2.68. The maximum atomic E-state index is 12.5. The van der Waals surface area contributed by atoms with Gasteiger partial charge in [0.2, 0.25) is 0 Å². The molecule has 1 aliphatic heterocycles. The van der Waals surface area contributed by atoms with Gasteiger partial charge in [-0.05, 0) is 30.7 Å². The molecule has 138 valence electrons. The molecule has 2 aromatic carbocycles. The average molecular weight is 357 g/mol. The van der Waals surface area contributed by atoms with Gasteiger partial charge in [-0.25, -0.2) is 0 Å². The normalized spacial score (nSPS) is 16.5. The molecular formula is C20H23NO5. The first-order valence-electron chi connectivity index (χ1n) is 8.67. The molecule has 1 heterocycles. The molecule has 6 nitrogen and oxygen atoms in total. The first-order valence-corrected chi connectivity index (χ1v) is 8.67. The van der Waals surface area contributed by atoms with Crippen LogP contribution in [0.1, 0.15) is 13.3 Å². The summed E-state index contributed by atoms with van der Waals surface area (Å²) < 4.78 is 22.6. The molecule has 1 aliphatic rings. The lowest BCUT2D eigenvalue weighted by atomic mass is 10.2. The molecule has 0 aromatic heterocycles. The van der Waals surface area contributed by atoms with Crippen LogP contribution in [0.25, 0.3) is 0 Å². The number of nitrogens with one attached hydrogen (secondary N) is 1. The summed E-state index contributed by atoms with van der Waals surface area (Å²) in [6.45, 7) is 2.64. The molecule has 1 N–H and O–H groups in total. The van der Waals surface area contributed by atoms with Crippen LogP contribution < -0.4 is 24.3 Å². The van der Waals surface area contributed by atoms with Crippen molar-refractivity contribution >= 4 is 5.91 Å². The quantitative estimate of drug-likeness (QED) is 0.825. The van der Waals surface area contributed by atoms with Crippen LogP contribution in [-0.2, 0) is 4.79 Å². The molecule has 0 aliphatic carbocycles. The molecule has 0 saturated heterocycles. The summed E-state index contributed by atoms with van der Waals surface area (Å²) in [7, 11) is 1.57. The summed E-state index contributed by atoms with van der Waals surface area (Å²) in [5, 5.41) is 2.88. The maximum absolute atomic E-state index is 12.5. The molecule has 6 heteroatoms. The zero-order valence-electron chi connectivity index (χ0n) is 14.9. The lowest BCUT2D eigenvalue weighted by Gasteiger charge is -2.27. The van der Waals surface area contributed by atoms with E-state index in [0.717, 1.165) is 5.75 Å². The number of methoxy groups -OCH3 is 1. The number of hydrogen-bond acceptors (Lipinski definition) is 5. The van der Waals surface area contributed by atoms with Crippen molar-refractivity contribution in [1.29, 1.82) is 0 Å². The monoisotopic (exact) mass is 357 g/mol. The third-order valence-corrected chi connectivity index (χ3v) is 4.07. The molecule has 0 radical (unpaired) electrons. The first-order chi connectivity index (χ1) is 12.7. The van der Waals surface area contributed by atoms with Gasteiger partial charge in [-0.15, -0.1) is 0 Å². The Morgan fingerprint density at radius 3 is 2.58 bits per heavy atom. The van der Waals surface area contributed by atoms with E-state index in [2.05, 4.69) is 5.32 Å². The van der Waals surface area contributed by atoms with E-state index in [0.29, 0.717) is 36.8 Å². The van der Waals surface area contributed by atoms with Crippen molar-refractivity contribution in [3.8, 4) is 23.0 Å². The van der Waals surface area contributed by atoms with Gasteiger partial charge in [0.05, 0.1) is 13.7 Å². The minimum Gasteiger partial charge on any atom is -0.493 e. The second-order valence-corrected chi connectivity index (χ2v) is 5.91. The Hall–Kier alpha value is -2.89. The number of rotatable bonds is 7. The van der Waals surface area contributed by atoms with Gasteiger partial charge in [-0.1, -0.05) is 31.2 Å². The van der Waals surface area contributed by atoms with E-state index in [1.54, 1.807) is 19.2 Å². The van der Waals surface area contributed by atoms with Gasteiger partial charge in [-0.2, -0.15) is 0 Å². The van der Waals surface area contributed by atoms with E-state index < -0.39 is 6.10 Å². The van der Waals surface area contributed by atoms with Crippen molar-refractivity contribution in [3.05, 3.63) is 48.5 Å². The Kier molecular flexibility index (Phi) is 5.84. The standard InChI is InChI=1S/C20H23NO5/c1-3-15(26-18-10-6-4-8-16(18)23-2)20(22)21-12-14-13-24-17-9-5-7-11-19(17)25-14/h4-11,14-15H,3,12-13H2,1-2H3,(H,21,22)/t14-,15-/m0/s1. The van der Waals surface area contributed by atoms with E-state index in [9.17, 15) is 4.79 Å². The molecule has 2 aromatic rings. The molecule has 0 unspecified atom stereocenters. The minimum absolute atomic E-state index is 0.194. The van der Waals surface area contributed by atoms with Gasteiger partial charge >= 0.3 is 0 Å². The summed E-state index contributed by atoms with van der Waals surface area (Å²) in [6.07, 6.45) is -0.310. The molecule has 0 bridgehead atoms.